The summed E-state index contributed by atoms with van der Waals surface area (Å²) in [4.78, 5) is 23.3. The summed E-state index contributed by atoms with van der Waals surface area (Å²) >= 11 is 0. The largest absolute Gasteiger partial charge is 0.465 e. The Bertz CT molecular complexity index is 322. The Morgan fingerprint density at radius 1 is 1.25 bits per heavy atom. The van der Waals surface area contributed by atoms with E-state index in [0.717, 1.165) is 0 Å². The topological polar surface area (TPSA) is 76.4 Å². The number of nitriles is 1. The molecule has 0 bridgehead atoms. The SMILES string of the molecule is C=C(C#N)C(C)(C(=O)OCC)C(=O)OCC. The van der Waals surface area contributed by atoms with Crippen LogP contribution in [0.5, 0.6) is 0 Å². The van der Waals surface area contributed by atoms with Crippen LogP contribution >= 0.6 is 0 Å². The van der Waals surface area contributed by atoms with Crippen LogP contribution < -0.4 is 0 Å². The molecule has 88 valence electrons. The molecule has 0 aromatic rings. The van der Waals surface area contributed by atoms with E-state index in [9.17, 15) is 9.59 Å². The quantitative estimate of drug-likeness (QED) is 0.399. The normalized spacial score (nSPS) is 10.1. The molecule has 0 spiro atoms. The summed E-state index contributed by atoms with van der Waals surface area (Å²) in [5.74, 6) is -1.64. The molecule has 0 aliphatic rings. The highest BCUT2D eigenvalue weighted by Gasteiger charge is 2.47. The number of nitrogens with zero attached hydrogens (tertiary/aromatic N) is 1. The van der Waals surface area contributed by atoms with Crippen LogP contribution in [-0.2, 0) is 19.1 Å². The van der Waals surface area contributed by atoms with Gasteiger partial charge in [-0.2, -0.15) is 5.26 Å². The first-order chi connectivity index (χ1) is 7.44. The maximum atomic E-state index is 11.6. The van der Waals surface area contributed by atoms with Crippen molar-refractivity contribution in [1.29, 1.82) is 5.26 Å². The molecule has 0 N–H and O–H groups in total. The molecule has 0 saturated heterocycles. The van der Waals surface area contributed by atoms with E-state index in [1.807, 2.05) is 0 Å². The van der Waals surface area contributed by atoms with Crippen molar-refractivity contribution in [3.8, 4) is 6.07 Å². The molecular formula is C11H15NO4. The van der Waals surface area contributed by atoms with Crippen molar-refractivity contribution >= 4 is 11.9 Å². The van der Waals surface area contributed by atoms with E-state index in [4.69, 9.17) is 14.7 Å². The van der Waals surface area contributed by atoms with Crippen molar-refractivity contribution in [2.24, 2.45) is 5.41 Å². The summed E-state index contributed by atoms with van der Waals surface area (Å²) in [6, 6.07) is 1.69. The summed E-state index contributed by atoms with van der Waals surface area (Å²) in [5.41, 5.74) is -1.94. The number of ether oxygens (including phenoxy) is 2. The third kappa shape index (κ3) is 2.60. The van der Waals surface area contributed by atoms with Crippen molar-refractivity contribution < 1.29 is 19.1 Å². The zero-order chi connectivity index (χ0) is 12.8. The second-order valence-electron chi connectivity index (χ2n) is 3.16. The van der Waals surface area contributed by atoms with Crippen molar-refractivity contribution in [1.82, 2.24) is 0 Å². The van der Waals surface area contributed by atoms with Gasteiger partial charge in [0.05, 0.1) is 24.9 Å². The van der Waals surface area contributed by atoms with Crippen molar-refractivity contribution in [2.75, 3.05) is 13.2 Å². The Morgan fingerprint density at radius 3 is 1.88 bits per heavy atom. The lowest BCUT2D eigenvalue weighted by molar-refractivity contribution is -0.167. The first-order valence-corrected chi connectivity index (χ1v) is 4.89. The molecular weight excluding hydrogens is 210 g/mol. The number of esters is 2. The second kappa shape index (κ2) is 5.91. The number of carbonyl (C=O) groups is 2. The summed E-state index contributed by atoms with van der Waals surface area (Å²) in [5, 5.41) is 8.74. The fourth-order valence-corrected chi connectivity index (χ4v) is 0.992. The van der Waals surface area contributed by atoms with E-state index in [1.165, 1.54) is 6.92 Å². The van der Waals surface area contributed by atoms with Crippen LogP contribution in [0.1, 0.15) is 20.8 Å². The standard InChI is InChI=1S/C11H15NO4/c1-5-15-9(13)11(4,8(3)7-12)10(14)16-6-2/h3,5-6H2,1-2,4H3. The summed E-state index contributed by atoms with van der Waals surface area (Å²) in [6.07, 6.45) is 0. The molecule has 16 heavy (non-hydrogen) atoms. The van der Waals surface area contributed by atoms with Gasteiger partial charge in [0.25, 0.3) is 0 Å². The van der Waals surface area contributed by atoms with E-state index in [-0.39, 0.29) is 18.8 Å². The maximum absolute atomic E-state index is 11.6. The van der Waals surface area contributed by atoms with Crippen LogP contribution in [0.3, 0.4) is 0 Å². The van der Waals surface area contributed by atoms with Crippen molar-refractivity contribution in [3.05, 3.63) is 12.2 Å². The third-order valence-corrected chi connectivity index (χ3v) is 2.11. The number of rotatable bonds is 5. The smallest absolute Gasteiger partial charge is 0.328 e. The summed E-state index contributed by atoms with van der Waals surface area (Å²) < 4.78 is 9.49. The minimum atomic E-state index is -1.75. The summed E-state index contributed by atoms with van der Waals surface area (Å²) in [6.45, 7) is 8.12. The predicted octanol–water partition coefficient (Wildman–Crippen LogP) is 1.20. The molecule has 0 rings (SSSR count). The van der Waals surface area contributed by atoms with Gasteiger partial charge in [-0.05, 0) is 20.8 Å². The molecule has 0 fully saturated rings. The molecule has 0 aromatic heterocycles. The van der Waals surface area contributed by atoms with E-state index >= 15 is 0 Å². The van der Waals surface area contributed by atoms with E-state index in [1.54, 1.807) is 19.9 Å². The van der Waals surface area contributed by atoms with E-state index in [2.05, 4.69) is 6.58 Å². The van der Waals surface area contributed by atoms with E-state index < -0.39 is 17.4 Å². The van der Waals surface area contributed by atoms with Crippen LogP contribution in [-0.4, -0.2) is 25.2 Å². The first-order valence-electron chi connectivity index (χ1n) is 4.89. The third-order valence-electron chi connectivity index (χ3n) is 2.11. The Balaban J connectivity index is 5.20. The molecule has 0 unspecified atom stereocenters. The monoisotopic (exact) mass is 225 g/mol. The zero-order valence-corrected chi connectivity index (χ0v) is 9.70. The number of hydrogen-bond donors (Lipinski definition) is 0. The molecule has 5 nitrogen and oxygen atoms in total. The molecule has 0 aliphatic heterocycles. The molecule has 0 aliphatic carbocycles. The molecule has 5 heteroatoms. The van der Waals surface area contributed by atoms with Crippen LogP contribution in [0.2, 0.25) is 0 Å². The highest BCUT2D eigenvalue weighted by atomic mass is 16.6. The van der Waals surface area contributed by atoms with Gasteiger partial charge < -0.3 is 9.47 Å². The second-order valence-corrected chi connectivity index (χ2v) is 3.16. The van der Waals surface area contributed by atoms with Crippen LogP contribution in [0, 0.1) is 16.7 Å². The molecule has 0 atom stereocenters. The number of hydrogen-bond acceptors (Lipinski definition) is 5. The van der Waals surface area contributed by atoms with Crippen LogP contribution in [0.4, 0.5) is 0 Å². The zero-order valence-electron chi connectivity index (χ0n) is 9.70. The van der Waals surface area contributed by atoms with Gasteiger partial charge in [0.2, 0.25) is 0 Å². The van der Waals surface area contributed by atoms with Gasteiger partial charge in [-0.3, -0.25) is 9.59 Å². The van der Waals surface area contributed by atoms with Crippen molar-refractivity contribution in [2.45, 2.75) is 20.8 Å². The number of carbonyl (C=O) groups excluding carboxylic acids is 2. The van der Waals surface area contributed by atoms with Gasteiger partial charge in [0.15, 0.2) is 5.41 Å². The Kier molecular flexibility index (Phi) is 5.23. The average Bonchev–Trinajstić information content (AvgIpc) is 2.27. The predicted molar refractivity (Wildman–Crippen MR) is 56.1 cm³/mol. The molecule has 0 aromatic carbocycles. The molecule has 0 amide bonds. The lowest BCUT2D eigenvalue weighted by Gasteiger charge is -2.23. The molecule has 0 saturated carbocycles. The first kappa shape index (κ1) is 14.2. The minimum absolute atomic E-state index is 0.118. The van der Waals surface area contributed by atoms with Gasteiger partial charge >= 0.3 is 11.9 Å². The highest BCUT2D eigenvalue weighted by Crippen LogP contribution is 2.29. The highest BCUT2D eigenvalue weighted by molar-refractivity contribution is 6.03. The maximum Gasteiger partial charge on any atom is 0.328 e. The van der Waals surface area contributed by atoms with Crippen molar-refractivity contribution in [3.63, 3.8) is 0 Å². The lowest BCUT2D eigenvalue weighted by Crippen LogP contribution is -2.40. The Morgan fingerprint density at radius 2 is 1.62 bits per heavy atom. The fourth-order valence-electron chi connectivity index (χ4n) is 0.992. The van der Waals surface area contributed by atoms with Crippen LogP contribution in [0.25, 0.3) is 0 Å². The molecule has 0 radical (unpaired) electrons. The van der Waals surface area contributed by atoms with E-state index in [0.29, 0.717) is 0 Å². The fraction of sp³-hybridized carbons (Fsp3) is 0.545. The molecule has 0 heterocycles. The Labute approximate surface area is 94.6 Å². The van der Waals surface area contributed by atoms with Gasteiger partial charge in [-0.25, -0.2) is 0 Å². The lowest BCUT2D eigenvalue weighted by atomic mass is 9.83. The minimum Gasteiger partial charge on any atom is -0.465 e. The average molecular weight is 225 g/mol. The van der Waals surface area contributed by atoms with Gasteiger partial charge in [0, 0.05) is 0 Å². The Hall–Kier alpha value is -1.83. The summed E-state index contributed by atoms with van der Waals surface area (Å²) in [7, 11) is 0. The van der Waals surface area contributed by atoms with Crippen LogP contribution in [0.15, 0.2) is 12.2 Å². The van der Waals surface area contributed by atoms with Gasteiger partial charge in [-0.1, -0.05) is 6.58 Å². The van der Waals surface area contributed by atoms with Gasteiger partial charge in [0.1, 0.15) is 0 Å². The van der Waals surface area contributed by atoms with Gasteiger partial charge in [-0.15, -0.1) is 0 Å².